The van der Waals surface area contributed by atoms with Crippen LogP contribution in [-0.4, -0.2) is 27.8 Å². The summed E-state index contributed by atoms with van der Waals surface area (Å²) in [6.45, 7) is 2.97. The summed E-state index contributed by atoms with van der Waals surface area (Å²) in [6, 6.07) is 18.7. The van der Waals surface area contributed by atoms with Crippen molar-refractivity contribution in [2.24, 2.45) is 5.16 Å². The molecule has 5 nitrogen and oxygen atoms in total. The van der Waals surface area contributed by atoms with E-state index in [2.05, 4.69) is 5.16 Å². The third-order valence-corrected chi connectivity index (χ3v) is 4.59. The van der Waals surface area contributed by atoms with Crippen LogP contribution in [0.15, 0.2) is 71.2 Å². The minimum atomic E-state index is -0.833. The summed E-state index contributed by atoms with van der Waals surface area (Å²) >= 11 is 1.65. The highest BCUT2D eigenvalue weighted by Crippen LogP contribution is 2.25. The Morgan fingerprint density at radius 1 is 0.963 bits per heavy atom. The lowest BCUT2D eigenvalue weighted by Gasteiger charge is -2.07. The Kier molecular flexibility index (Phi) is 7.02. The van der Waals surface area contributed by atoms with Gasteiger partial charge in [-0.1, -0.05) is 59.8 Å². The summed E-state index contributed by atoms with van der Waals surface area (Å²) < 4.78 is 0. The topological polar surface area (TPSA) is 87.0 Å². The number of thiophene rings is 1. The monoisotopic (exact) mass is 381 g/mol. The zero-order chi connectivity index (χ0) is 19.8. The fourth-order valence-corrected chi connectivity index (χ4v) is 3.16. The van der Waals surface area contributed by atoms with Crippen molar-refractivity contribution in [3.63, 3.8) is 0 Å². The second kappa shape index (κ2) is 9.45. The Bertz CT molecular complexity index is 941. The molecule has 2 aromatic carbocycles. The van der Waals surface area contributed by atoms with E-state index in [-0.39, 0.29) is 11.5 Å². The lowest BCUT2D eigenvalue weighted by molar-refractivity contribution is -0.134. The first-order valence-electron chi connectivity index (χ1n) is 8.10. The van der Waals surface area contributed by atoms with Crippen LogP contribution in [0.5, 0.6) is 0 Å². The number of hydrogen-bond donors (Lipinski definition) is 2. The van der Waals surface area contributed by atoms with Gasteiger partial charge in [-0.05, 0) is 29.5 Å². The third kappa shape index (κ3) is 5.36. The molecule has 0 spiro atoms. The van der Waals surface area contributed by atoms with Crippen molar-refractivity contribution in [2.75, 3.05) is 0 Å². The zero-order valence-corrected chi connectivity index (χ0v) is 15.7. The second-order valence-corrected chi connectivity index (χ2v) is 6.61. The van der Waals surface area contributed by atoms with E-state index in [1.54, 1.807) is 29.5 Å². The fourth-order valence-electron chi connectivity index (χ4n) is 2.43. The molecule has 3 rings (SSSR count). The molecule has 0 radical (unpaired) electrons. The number of aliphatic carboxylic acids is 1. The maximum Gasteiger partial charge on any atom is 0.300 e. The van der Waals surface area contributed by atoms with Crippen LogP contribution >= 0.6 is 11.3 Å². The molecule has 0 unspecified atom stereocenters. The third-order valence-electron chi connectivity index (χ3n) is 3.67. The molecule has 0 aliphatic rings. The van der Waals surface area contributed by atoms with Crippen molar-refractivity contribution >= 4 is 28.8 Å². The van der Waals surface area contributed by atoms with E-state index in [1.165, 1.54) is 0 Å². The highest BCUT2D eigenvalue weighted by atomic mass is 32.1. The first kappa shape index (κ1) is 20.1. The molecule has 0 aliphatic heterocycles. The number of carbonyl (C=O) groups excluding carboxylic acids is 1. The Hall–Kier alpha value is -3.25. The maximum absolute atomic E-state index is 12.6. The number of Topliss-reactive ketones (excluding diaryl/α,β-unsaturated/α-hetero) is 1. The molecule has 1 aromatic heterocycles. The van der Waals surface area contributed by atoms with Crippen molar-refractivity contribution in [3.05, 3.63) is 82.7 Å². The number of aryl methyl sites for hydroxylation is 1. The summed E-state index contributed by atoms with van der Waals surface area (Å²) in [6.07, 6.45) is 0. The van der Waals surface area contributed by atoms with Crippen molar-refractivity contribution in [1.29, 1.82) is 0 Å². The van der Waals surface area contributed by atoms with Crippen molar-refractivity contribution in [3.8, 4) is 10.4 Å². The maximum atomic E-state index is 12.6. The van der Waals surface area contributed by atoms with Crippen LogP contribution in [0.4, 0.5) is 0 Å². The molecule has 27 heavy (non-hydrogen) atoms. The Balaban J connectivity index is 0.000000596. The van der Waals surface area contributed by atoms with Crippen molar-refractivity contribution in [2.45, 2.75) is 13.8 Å². The number of ketones is 1. The first-order chi connectivity index (χ1) is 12.9. The summed E-state index contributed by atoms with van der Waals surface area (Å²) in [5.74, 6) is -1.13. The molecule has 3 aromatic rings. The number of oxime groups is 1. The average Bonchev–Trinajstić information content (AvgIpc) is 3.18. The highest BCUT2D eigenvalue weighted by molar-refractivity contribution is 7.13. The molecule has 0 amide bonds. The van der Waals surface area contributed by atoms with Gasteiger partial charge < -0.3 is 10.3 Å². The van der Waals surface area contributed by atoms with Gasteiger partial charge in [0.15, 0.2) is 5.71 Å². The Labute approximate surface area is 161 Å². The van der Waals surface area contributed by atoms with E-state index in [1.807, 2.05) is 54.8 Å². The smallest absolute Gasteiger partial charge is 0.300 e. The molecule has 0 fully saturated rings. The van der Waals surface area contributed by atoms with E-state index in [9.17, 15) is 10.0 Å². The van der Waals surface area contributed by atoms with Crippen LogP contribution in [0.25, 0.3) is 10.4 Å². The van der Waals surface area contributed by atoms with Gasteiger partial charge in [0.2, 0.25) is 5.78 Å². The van der Waals surface area contributed by atoms with Gasteiger partial charge in [0.1, 0.15) is 0 Å². The van der Waals surface area contributed by atoms with Gasteiger partial charge in [-0.25, -0.2) is 0 Å². The minimum Gasteiger partial charge on any atom is -0.481 e. The molecule has 6 heteroatoms. The molecule has 2 N–H and O–H groups in total. The number of carboxylic acid groups (broad SMARTS) is 1. The molecule has 0 saturated carbocycles. The molecule has 0 saturated heterocycles. The minimum absolute atomic E-state index is 0.0620. The molecule has 0 atom stereocenters. The van der Waals surface area contributed by atoms with E-state index in [0.717, 1.165) is 22.9 Å². The molecule has 1 heterocycles. The molecule has 0 bridgehead atoms. The fraction of sp³-hybridized carbons (Fsp3) is 0.0952. The molecule has 138 valence electrons. The average molecular weight is 381 g/mol. The van der Waals surface area contributed by atoms with Gasteiger partial charge in [0.25, 0.3) is 5.97 Å². The number of carboxylic acids is 1. The van der Waals surface area contributed by atoms with Crippen LogP contribution in [0.2, 0.25) is 0 Å². The van der Waals surface area contributed by atoms with Gasteiger partial charge in [-0.3, -0.25) is 9.59 Å². The van der Waals surface area contributed by atoms with E-state index in [4.69, 9.17) is 9.90 Å². The largest absolute Gasteiger partial charge is 0.481 e. The summed E-state index contributed by atoms with van der Waals surface area (Å²) in [5, 5.41) is 22.0. The quantitative estimate of drug-likeness (QED) is 0.292. The zero-order valence-electron chi connectivity index (χ0n) is 14.9. The summed E-state index contributed by atoms with van der Waals surface area (Å²) in [4.78, 5) is 22.8. The lowest BCUT2D eigenvalue weighted by atomic mass is 9.97. The number of rotatable bonds is 4. The van der Waals surface area contributed by atoms with E-state index < -0.39 is 5.97 Å². The summed E-state index contributed by atoms with van der Waals surface area (Å²) in [5.41, 5.74) is 3.16. The Morgan fingerprint density at radius 2 is 1.59 bits per heavy atom. The van der Waals surface area contributed by atoms with Crippen LogP contribution < -0.4 is 0 Å². The lowest BCUT2D eigenvalue weighted by Crippen LogP contribution is -2.17. The van der Waals surface area contributed by atoms with E-state index >= 15 is 0 Å². The van der Waals surface area contributed by atoms with Gasteiger partial charge in [0, 0.05) is 22.9 Å². The molecule has 0 aliphatic carbocycles. The van der Waals surface area contributed by atoms with Crippen LogP contribution in [0, 0.1) is 6.92 Å². The molecular weight excluding hydrogens is 362 g/mol. The molecular formula is C21H19NO4S. The van der Waals surface area contributed by atoms with Crippen LogP contribution in [0.3, 0.4) is 0 Å². The SMILES string of the molecule is CC(=O)O.Cc1ccccc1C(=NO)C(=O)c1ccc(-c2cccs2)cc1. The van der Waals surface area contributed by atoms with Crippen LogP contribution in [-0.2, 0) is 4.79 Å². The van der Waals surface area contributed by atoms with Gasteiger partial charge in [-0.2, -0.15) is 0 Å². The first-order valence-corrected chi connectivity index (χ1v) is 8.98. The van der Waals surface area contributed by atoms with Gasteiger partial charge >= 0.3 is 0 Å². The van der Waals surface area contributed by atoms with Crippen LogP contribution in [0.1, 0.15) is 28.4 Å². The standard InChI is InChI=1S/C19H15NO2S.C2H4O2/c1-13-5-2-3-6-16(13)18(20-22)19(21)15-10-8-14(9-11-15)17-7-4-12-23-17;1-2(3)4/h2-12,22H,1H3;1H3,(H,3,4). The normalized spacial score (nSPS) is 10.7. The highest BCUT2D eigenvalue weighted by Gasteiger charge is 2.18. The predicted molar refractivity (Wildman–Crippen MR) is 107 cm³/mol. The second-order valence-electron chi connectivity index (χ2n) is 5.67. The van der Waals surface area contributed by atoms with Gasteiger partial charge in [0.05, 0.1) is 0 Å². The number of nitrogens with zero attached hydrogens (tertiary/aromatic N) is 1. The number of hydrogen-bond acceptors (Lipinski definition) is 5. The number of benzene rings is 2. The van der Waals surface area contributed by atoms with Crippen molar-refractivity contribution in [1.82, 2.24) is 0 Å². The van der Waals surface area contributed by atoms with Crippen molar-refractivity contribution < 1.29 is 19.9 Å². The van der Waals surface area contributed by atoms with E-state index in [0.29, 0.717) is 11.1 Å². The Morgan fingerprint density at radius 3 is 2.11 bits per heavy atom. The predicted octanol–water partition coefficient (Wildman–Crippen LogP) is 4.88. The summed E-state index contributed by atoms with van der Waals surface area (Å²) in [7, 11) is 0. The number of carbonyl (C=O) groups is 2. The van der Waals surface area contributed by atoms with Gasteiger partial charge in [-0.15, -0.1) is 11.3 Å².